The summed E-state index contributed by atoms with van der Waals surface area (Å²) in [4.78, 5) is 9.88. The maximum atomic E-state index is 10.3. The van der Waals surface area contributed by atoms with Crippen molar-refractivity contribution < 1.29 is 4.92 Å². The minimum atomic E-state index is -0.422. The molecule has 4 nitrogen and oxygen atoms in total. The number of non-ortho nitro benzene ring substituents is 1. The number of nitro groups is 1. The lowest BCUT2D eigenvalue weighted by Gasteiger charge is -2.05. The Morgan fingerprint density at radius 1 is 1.46 bits per heavy atom. The monoisotopic (exact) mass is 200 g/mol. The van der Waals surface area contributed by atoms with Gasteiger partial charge in [0, 0.05) is 25.7 Å². The molecule has 0 aliphatic rings. The van der Waals surface area contributed by atoms with Gasteiger partial charge in [-0.15, -0.1) is 0 Å². The van der Waals surface area contributed by atoms with Crippen LogP contribution in [-0.2, 0) is 6.54 Å². The summed E-state index contributed by atoms with van der Waals surface area (Å²) in [6.45, 7) is 0.569. The number of halogens is 1. The van der Waals surface area contributed by atoms with E-state index in [1.807, 2.05) is 0 Å². The third kappa shape index (κ3) is 3.01. The van der Waals surface area contributed by atoms with Gasteiger partial charge < -0.3 is 0 Å². The summed E-state index contributed by atoms with van der Waals surface area (Å²) in [7, 11) is 1.73. The van der Waals surface area contributed by atoms with Crippen molar-refractivity contribution in [2.24, 2.45) is 0 Å². The molecule has 0 aliphatic carbocycles. The van der Waals surface area contributed by atoms with Crippen LogP contribution in [0.1, 0.15) is 5.56 Å². The number of nitro benzene ring substituents is 1. The fourth-order valence-corrected chi connectivity index (χ4v) is 1.11. The molecule has 0 radical (unpaired) electrons. The summed E-state index contributed by atoms with van der Waals surface area (Å²) in [5.74, 6) is 0. The second kappa shape index (κ2) is 4.20. The van der Waals surface area contributed by atoms with Crippen LogP contribution < -0.4 is 0 Å². The van der Waals surface area contributed by atoms with E-state index in [4.69, 9.17) is 11.8 Å². The third-order valence-corrected chi connectivity index (χ3v) is 1.67. The van der Waals surface area contributed by atoms with Crippen molar-refractivity contribution in [3.05, 3.63) is 39.9 Å². The fraction of sp³-hybridized carbons (Fsp3) is 0.250. The molecule has 0 fully saturated rings. The number of hydrogen-bond acceptors (Lipinski definition) is 3. The highest BCUT2D eigenvalue weighted by atomic mass is 35.5. The summed E-state index contributed by atoms with van der Waals surface area (Å²) < 4.78 is 1.49. The van der Waals surface area contributed by atoms with Gasteiger partial charge in [0.25, 0.3) is 5.69 Å². The molecular formula is C8H9ClN2O2. The largest absolute Gasteiger partial charge is 0.269 e. The van der Waals surface area contributed by atoms with Crippen LogP contribution >= 0.6 is 11.8 Å². The van der Waals surface area contributed by atoms with Crippen molar-refractivity contribution in [3.8, 4) is 0 Å². The van der Waals surface area contributed by atoms with Crippen molar-refractivity contribution in [1.29, 1.82) is 0 Å². The molecule has 0 N–H and O–H groups in total. The van der Waals surface area contributed by atoms with E-state index in [9.17, 15) is 10.1 Å². The molecule has 0 saturated carbocycles. The maximum Gasteiger partial charge on any atom is 0.269 e. The lowest BCUT2D eigenvalue weighted by molar-refractivity contribution is -0.384. The van der Waals surface area contributed by atoms with E-state index >= 15 is 0 Å². The molecular weight excluding hydrogens is 192 g/mol. The van der Waals surface area contributed by atoms with Crippen LogP contribution in [0.2, 0.25) is 0 Å². The first-order valence-electron chi connectivity index (χ1n) is 3.70. The van der Waals surface area contributed by atoms with Gasteiger partial charge in [-0.3, -0.25) is 10.1 Å². The van der Waals surface area contributed by atoms with Gasteiger partial charge in [-0.25, -0.2) is 4.42 Å². The summed E-state index contributed by atoms with van der Waals surface area (Å²) in [5.41, 5.74) is 1.05. The predicted octanol–water partition coefficient (Wildman–Crippen LogP) is 2.18. The van der Waals surface area contributed by atoms with Gasteiger partial charge in [-0.1, -0.05) is 12.1 Å². The maximum absolute atomic E-state index is 10.3. The molecule has 1 aromatic rings. The van der Waals surface area contributed by atoms with Crippen LogP contribution in [-0.4, -0.2) is 16.4 Å². The first-order chi connectivity index (χ1) is 6.09. The molecule has 0 amide bonds. The second-order valence-corrected chi connectivity index (χ2v) is 3.26. The van der Waals surface area contributed by atoms with Crippen molar-refractivity contribution >= 4 is 17.5 Å². The Hall–Kier alpha value is -1.13. The summed E-state index contributed by atoms with van der Waals surface area (Å²) in [6.07, 6.45) is 0. The molecule has 0 aromatic heterocycles. The van der Waals surface area contributed by atoms with E-state index in [0.717, 1.165) is 5.56 Å². The standard InChI is InChI=1S/C8H9ClN2O2/c1-10(9)6-7-2-4-8(5-3-7)11(12)13/h2-5H,6H2,1H3. The van der Waals surface area contributed by atoms with Crippen LogP contribution in [0.3, 0.4) is 0 Å². The Kier molecular flexibility index (Phi) is 3.22. The van der Waals surface area contributed by atoms with Crippen LogP contribution in [0.15, 0.2) is 24.3 Å². The topological polar surface area (TPSA) is 46.4 Å². The number of benzene rings is 1. The quantitative estimate of drug-likeness (QED) is 0.427. The van der Waals surface area contributed by atoms with Gasteiger partial charge >= 0.3 is 0 Å². The molecule has 0 saturated heterocycles. The summed E-state index contributed by atoms with van der Waals surface area (Å²) in [6, 6.07) is 6.32. The number of nitrogens with zero attached hydrogens (tertiary/aromatic N) is 2. The molecule has 0 spiro atoms. The molecule has 0 atom stereocenters. The van der Waals surface area contributed by atoms with Gasteiger partial charge in [-0.05, 0) is 17.3 Å². The molecule has 0 aliphatic heterocycles. The van der Waals surface area contributed by atoms with Gasteiger partial charge in [0.1, 0.15) is 0 Å². The summed E-state index contributed by atoms with van der Waals surface area (Å²) in [5, 5.41) is 10.3. The Morgan fingerprint density at radius 3 is 2.38 bits per heavy atom. The highest BCUT2D eigenvalue weighted by Crippen LogP contribution is 2.13. The van der Waals surface area contributed by atoms with Crippen LogP contribution in [0.4, 0.5) is 5.69 Å². The molecule has 5 heteroatoms. The molecule has 0 heterocycles. The number of rotatable bonds is 3. The Balaban J connectivity index is 2.75. The minimum Gasteiger partial charge on any atom is -0.258 e. The zero-order valence-electron chi connectivity index (χ0n) is 7.11. The molecule has 70 valence electrons. The third-order valence-electron chi connectivity index (χ3n) is 1.55. The smallest absolute Gasteiger partial charge is 0.258 e. The van der Waals surface area contributed by atoms with Crippen LogP contribution in [0, 0.1) is 10.1 Å². The normalized spacial score (nSPS) is 10.4. The van der Waals surface area contributed by atoms with Gasteiger partial charge in [0.15, 0.2) is 0 Å². The fourth-order valence-electron chi connectivity index (χ4n) is 0.975. The van der Waals surface area contributed by atoms with Crippen LogP contribution in [0.25, 0.3) is 0 Å². The van der Waals surface area contributed by atoms with Gasteiger partial charge in [-0.2, -0.15) is 0 Å². The SMILES string of the molecule is CN(Cl)Cc1ccc([N+](=O)[O-])cc1. The van der Waals surface area contributed by atoms with Crippen molar-refractivity contribution in [2.75, 3.05) is 7.05 Å². The van der Waals surface area contributed by atoms with E-state index in [0.29, 0.717) is 6.54 Å². The highest BCUT2D eigenvalue weighted by molar-refractivity contribution is 6.13. The molecule has 1 aromatic carbocycles. The second-order valence-electron chi connectivity index (χ2n) is 2.69. The van der Waals surface area contributed by atoms with Crippen molar-refractivity contribution in [3.63, 3.8) is 0 Å². The lowest BCUT2D eigenvalue weighted by atomic mass is 10.2. The van der Waals surface area contributed by atoms with E-state index in [-0.39, 0.29) is 5.69 Å². The Morgan fingerprint density at radius 2 is 2.00 bits per heavy atom. The first-order valence-corrected chi connectivity index (χ1v) is 4.03. The van der Waals surface area contributed by atoms with E-state index in [1.54, 1.807) is 19.2 Å². The highest BCUT2D eigenvalue weighted by Gasteiger charge is 2.04. The Bertz CT molecular complexity index is 298. The van der Waals surface area contributed by atoms with E-state index in [1.165, 1.54) is 16.6 Å². The molecule has 0 unspecified atom stereocenters. The molecule has 13 heavy (non-hydrogen) atoms. The Labute approximate surface area is 81.0 Å². The van der Waals surface area contributed by atoms with Gasteiger partial charge in [0.2, 0.25) is 0 Å². The van der Waals surface area contributed by atoms with Crippen LogP contribution in [0.5, 0.6) is 0 Å². The van der Waals surface area contributed by atoms with Crippen molar-refractivity contribution in [2.45, 2.75) is 6.54 Å². The average Bonchev–Trinajstić information content (AvgIpc) is 2.04. The van der Waals surface area contributed by atoms with Crippen molar-refractivity contribution in [1.82, 2.24) is 4.42 Å². The molecule has 1 rings (SSSR count). The first kappa shape index (κ1) is 9.95. The van der Waals surface area contributed by atoms with E-state index in [2.05, 4.69) is 0 Å². The summed E-state index contributed by atoms with van der Waals surface area (Å²) >= 11 is 5.61. The predicted molar refractivity (Wildman–Crippen MR) is 50.4 cm³/mol. The number of hydrogen-bond donors (Lipinski definition) is 0. The van der Waals surface area contributed by atoms with E-state index < -0.39 is 4.92 Å². The average molecular weight is 201 g/mol. The minimum absolute atomic E-state index is 0.0981. The zero-order chi connectivity index (χ0) is 9.84. The molecule has 0 bridgehead atoms. The lowest BCUT2D eigenvalue weighted by Crippen LogP contribution is -2.03. The van der Waals surface area contributed by atoms with Gasteiger partial charge in [0.05, 0.1) is 4.92 Å². The zero-order valence-corrected chi connectivity index (χ0v) is 7.86.